The molecule has 0 amide bonds. The molecule has 0 atom stereocenters. The number of furan rings is 1. The zero-order valence-corrected chi connectivity index (χ0v) is 10.5. The molecule has 1 aromatic carbocycles. The molecule has 0 spiro atoms. The van der Waals surface area contributed by atoms with Crippen molar-refractivity contribution >= 4 is 16.9 Å². The summed E-state index contributed by atoms with van der Waals surface area (Å²) in [5, 5.41) is 10.1. The number of hydrogen-bond donors (Lipinski definition) is 1. The molecule has 0 aliphatic heterocycles. The smallest absolute Gasteiger partial charge is 0.372 e. The average molecular weight is 232 g/mol. The van der Waals surface area contributed by atoms with Crippen LogP contribution >= 0.6 is 0 Å². The zero-order chi connectivity index (χ0) is 12.7. The molecule has 0 unspecified atom stereocenters. The number of aromatic carboxylic acids is 1. The van der Waals surface area contributed by atoms with E-state index < -0.39 is 5.97 Å². The summed E-state index contributed by atoms with van der Waals surface area (Å²) in [7, 11) is 0. The van der Waals surface area contributed by atoms with Crippen molar-refractivity contribution in [1.29, 1.82) is 0 Å². The SMILES string of the molecule is Cc1ccc2c(C(C)C)c(C(=O)O)oc2c1C. The van der Waals surface area contributed by atoms with E-state index in [0.717, 1.165) is 22.1 Å². The van der Waals surface area contributed by atoms with Gasteiger partial charge in [0.2, 0.25) is 5.76 Å². The summed E-state index contributed by atoms with van der Waals surface area (Å²) in [5.41, 5.74) is 3.61. The Labute approximate surface area is 100 Å². The second kappa shape index (κ2) is 3.91. The lowest BCUT2D eigenvalue weighted by Crippen LogP contribution is -2.00. The number of carboxylic acids is 1. The molecule has 0 bridgehead atoms. The van der Waals surface area contributed by atoms with Crippen LogP contribution in [0.2, 0.25) is 0 Å². The van der Waals surface area contributed by atoms with Crippen LogP contribution < -0.4 is 0 Å². The molecule has 3 heteroatoms. The third kappa shape index (κ3) is 1.71. The molecule has 1 aromatic heterocycles. The number of carboxylic acid groups (broad SMARTS) is 1. The van der Waals surface area contributed by atoms with E-state index in [1.54, 1.807) is 0 Å². The van der Waals surface area contributed by atoms with Crippen LogP contribution in [0.25, 0.3) is 11.0 Å². The van der Waals surface area contributed by atoms with E-state index in [1.807, 2.05) is 39.8 Å². The van der Waals surface area contributed by atoms with E-state index in [1.165, 1.54) is 0 Å². The highest BCUT2D eigenvalue weighted by Gasteiger charge is 2.23. The molecule has 3 nitrogen and oxygen atoms in total. The lowest BCUT2D eigenvalue weighted by atomic mass is 9.97. The Morgan fingerprint density at radius 2 is 1.94 bits per heavy atom. The highest BCUT2D eigenvalue weighted by Crippen LogP contribution is 2.34. The first-order chi connectivity index (χ1) is 7.93. The number of rotatable bonds is 2. The van der Waals surface area contributed by atoms with Crippen molar-refractivity contribution in [3.05, 3.63) is 34.6 Å². The van der Waals surface area contributed by atoms with Gasteiger partial charge in [-0.25, -0.2) is 4.79 Å². The Kier molecular flexibility index (Phi) is 2.69. The average Bonchev–Trinajstić information content (AvgIpc) is 2.63. The van der Waals surface area contributed by atoms with Gasteiger partial charge in [-0.2, -0.15) is 0 Å². The fourth-order valence-corrected chi connectivity index (χ4v) is 2.15. The molecular formula is C14H16O3. The Morgan fingerprint density at radius 3 is 2.47 bits per heavy atom. The Hall–Kier alpha value is -1.77. The highest BCUT2D eigenvalue weighted by atomic mass is 16.4. The van der Waals surface area contributed by atoms with Crippen molar-refractivity contribution < 1.29 is 14.3 Å². The summed E-state index contributed by atoms with van der Waals surface area (Å²) in [6, 6.07) is 3.95. The van der Waals surface area contributed by atoms with Gasteiger partial charge in [-0.15, -0.1) is 0 Å². The third-order valence-electron chi connectivity index (χ3n) is 3.19. The Balaban J connectivity index is 2.89. The predicted molar refractivity (Wildman–Crippen MR) is 66.7 cm³/mol. The van der Waals surface area contributed by atoms with Gasteiger partial charge < -0.3 is 9.52 Å². The predicted octanol–water partition coefficient (Wildman–Crippen LogP) is 3.87. The summed E-state index contributed by atoms with van der Waals surface area (Å²) in [5.74, 6) is -0.796. The van der Waals surface area contributed by atoms with Crippen LogP contribution in [-0.4, -0.2) is 11.1 Å². The van der Waals surface area contributed by atoms with E-state index in [-0.39, 0.29) is 11.7 Å². The largest absolute Gasteiger partial charge is 0.475 e. The van der Waals surface area contributed by atoms with Crippen molar-refractivity contribution in [2.24, 2.45) is 0 Å². The van der Waals surface area contributed by atoms with Crippen LogP contribution in [0.15, 0.2) is 16.5 Å². The molecular weight excluding hydrogens is 216 g/mol. The number of fused-ring (bicyclic) bond motifs is 1. The van der Waals surface area contributed by atoms with E-state index in [2.05, 4.69) is 0 Å². The molecule has 2 aromatic rings. The summed E-state index contributed by atoms with van der Waals surface area (Å²) in [6.07, 6.45) is 0. The molecule has 90 valence electrons. The number of aryl methyl sites for hydroxylation is 2. The maximum Gasteiger partial charge on any atom is 0.372 e. The van der Waals surface area contributed by atoms with Crippen LogP contribution in [0.5, 0.6) is 0 Å². The molecule has 0 fully saturated rings. The monoisotopic (exact) mass is 232 g/mol. The van der Waals surface area contributed by atoms with Crippen LogP contribution in [0.1, 0.15) is 47.0 Å². The summed E-state index contributed by atoms with van der Waals surface area (Å²) < 4.78 is 5.53. The minimum absolute atomic E-state index is 0.0729. The number of carbonyl (C=O) groups is 1. The molecule has 2 rings (SSSR count). The maximum absolute atomic E-state index is 11.2. The Bertz CT molecular complexity index is 591. The molecule has 1 N–H and O–H groups in total. The fraction of sp³-hybridized carbons (Fsp3) is 0.357. The van der Waals surface area contributed by atoms with E-state index in [4.69, 9.17) is 4.42 Å². The first-order valence-corrected chi connectivity index (χ1v) is 5.69. The molecule has 0 aliphatic carbocycles. The van der Waals surface area contributed by atoms with Crippen LogP contribution in [0.4, 0.5) is 0 Å². The second-order valence-electron chi connectivity index (χ2n) is 4.69. The van der Waals surface area contributed by atoms with Gasteiger partial charge in [0.25, 0.3) is 0 Å². The van der Waals surface area contributed by atoms with E-state index >= 15 is 0 Å². The number of hydrogen-bond acceptors (Lipinski definition) is 2. The van der Waals surface area contributed by atoms with Gasteiger partial charge in [0.1, 0.15) is 5.58 Å². The van der Waals surface area contributed by atoms with Gasteiger partial charge in [-0.05, 0) is 30.9 Å². The van der Waals surface area contributed by atoms with Gasteiger partial charge in [0.05, 0.1) is 0 Å². The molecule has 0 aliphatic rings. The molecule has 0 saturated carbocycles. The lowest BCUT2D eigenvalue weighted by Gasteiger charge is -2.04. The van der Waals surface area contributed by atoms with Gasteiger partial charge in [0.15, 0.2) is 0 Å². The standard InChI is InChI=1S/C14H16O3/c1-7(2)11-10-6-5-8(3)9(4)12(10)17-13(11)14(15)16/h5-7H,1-4H3,(H,15,16). The summed E-state index contributed by atoms with van der Waals surface area (Å²) in [6.45, 7) is 7.90. The molecule has 17 heavy (non-hydrogen) atoms. The topological polar surface area (TPSA) is 50.4 Å². The molecule has 0 saturated heterocycles. The zero-order valence-electron chi connectivity index (χ0n) is 10.5. The maximum atomic E-state index is 11.2. The van der Waals surface area contributed by atoms with E-state index in [0.29, 0.717) is 5.58 Å². The molecule has 0 radical (unpaired) electrons. The van der Waals surface area contributed by atoms with Crippen molar-refractivity contribution in [3.8, 4) is 0 Å². The van der Waals surface area contributed by atoms with E-state index in [9.17, 15) is 9.90 Å². The van der Waals surface area contributed by atoms with Crippen LogP contribution in [0, 0.1) is 13.8 Å². The molecule has 1 heterocycles. The summed E-state index contributed by atoms with van der Waals surface area (Å²) >= 11 is 0. The fourth-order valence-electron chi connectivity index (χ4n) is 2.15. The minimum atomic E-state index is -0.998. The van der Waals surface area contributed by atoms with Crippen molar-refractivity contribution in [1.82, 2.24) is 0 Å². The quantitative estimate of drug-likeness (QED) is 0.855. The van der Waals surface area contributed by atoms with Gasteiger partial charge in [-0.1, -0.05) is 26.0 Å². The van der Waals surface area contributed by atoms with Crippen LogP contribution in [0.3, 0.4) is 0 Å². The third-order valence-corrected chi connectivity index (χ3v) is 3.19. The van der Waals surface area contributed by atoms with Crippen molar-refractivity contribution in [2.75, 3.05) is 0 Å². The van der Waals surface area contributed by atoms with Crippen molar-refractivity contribution in [3.63, 3.8) is 0 Å². The van der Waals surface area contributed by atoms with Gasteiger partial charge in [-0.3, -0.25) is 0 Å². The Morgan fingerprint density at radius 1 is 1.29 bits per heavy atom. The van der Waals surface area contributed by atoms with Crippen molar-refractivity contribution in [2.45, 2.75) is 33.6 Å². The first-order valence-electron chi connectivity index (χ1n) is 5.69. The van der Waals surface area contributed by atoms with Crippen LogP contribution in [-0.2, 0) is 0 Å². The highest BCUT2D eigenvalue weighted by molar-refractivity contribution is 5.96. The normalized spacial score (nSPS) is 11.4. The lowest BCUT2D eigenvalue weighted by molar-refractivity contribution is 0.0662. The van der Waals surface area contributed by atoms with Gasteiger partial charge in [0, 0.05) is 10.9 Å². The first kappa shape index (κ1) is 11.7. The number of benzene rings is 1. The van der Waals surface area contributed by atoms with Gasteiger partial charge >= 0.3 is 5.97 Å². The minimum Gasteiger partial charge on any atom is -0.475 e. The second-order valence-corrected chi connectivity index (χ2v) is 4.69. The summed E-state index contributed by atoms with van der Waals surface area (Å²) in [4.78, 5) is 11.2.